The Bertz CT molecular complexity index is 2130. The van der Waals surface area contributed by atoms with Crippen LogP contribution in [0.2, 0.25) is 0 Å². The van der Waals surface area contributed by atoms with Crippen molar-refractivity contribution >= 4 is 35.3 Å². The summed E-state index contributed by atoms with van der Waals surface area (Å²) in [6.45, 7) is 0. The molecule has 276 valence electrons. The van der Waals surface area contributed by atoms with E-state index in [1.807, 2.05) is 35.3 Å². The lowest BCUT2D eigenvalue weighted by molar-refractivity contribution is 1.36. The summed E-state index contributed by atoms with van der Waals surface area (Å²) in [5.74, 6) is 5.87. The van der Waals surface area contributed by atoms with Crippen LogP contribution in [-0.4, -0.2) is 0 Å². The first kappa shape index (κ1) is 36.2. The van der Waals surface area contributed by atoms with Crippen molar-refractivity contribution in [1.29, 1.82) is 0 Å². The van der Waals surface area contributed by atoms with Gasteiger partial charge < -0.3 is 0 Å². The van der Waals surface area contributed by atoms with Gasteiger partial charge in [0.25, 0.3) is 0 Å². The molecule has 27 heterocycles. The van der Waals surface area contributed by atoms with Crippen molar-refractivity contribution in [2.45, 2.75) is 34.5 Å². The van der Waals surface area contributed by atoms with Gasteiger partial charge in [-0.1, -0.05) is 146 Å². The second kappa shape index (κ2) is 16.3. The summed E-state index contributed by atoms with van der Waals surface area (Å²) in [4.78, 5) is 0. The van der Waals surface area contributed by atoms with E-state index in [4.69, 9.17) is 0 Å². The molecule has 0 radical (unpaired) electrons. The zero-order valence-electron chi connectivity index (χ0n) is 31.8. The Morgan fingerprint density at radius 3 is 0.456 bits per heavy atom. The summed E-state index contributed by atoms with van der Waals surface area (Å²) < 4.78 is 0. The van der Waals surface area contributed by atoms with Gasteiger partial charge in [0, 0.05) is 34.5 Å². The molecule has 0 unspecified atom stereocenters. The molecular formula is C54H42S3. The van der Waals surface area contributed by atoms with Gasteiger partial charge in [0.1, 0.15) is 0 Å². The fourth-order valence-corrected chi connectivity index (χ4v) is 10.8. The van der Waals surface area contributed by atoms with Crippen LogP contribution in [-0.2, 0) is 34.5 Å². The maximum absolute atomic E-state index is 2.37. The standard InChI is InChI=1S/C54H42S3/c1-13-43-14-2-37(1)31-55-32-38-3-15-46(16-4-38)52-28-53-30-54(29-52)48-23-11-42(12-24-48)36-57-34-40-7-19-45(20-8-40)51-26-49(43)25-50(27-51)44-17-5-39(6-18-44)33-56-35-41-9-21-47(53)22-10-41/h1-30H,31-36H2. The minimum atomic E-state index is 0.978. The predicted octanol–water partition coefficient (Wildman–Crippen LogP) is 15.6. The summed E-state index contributed by atoms with van der Waals surface area (Å²) in [7, 11) is 0. The molecule has 0 aromatic heterocycles. The molecule has 0 fully saturated rings. The number of thioether (sulfide) groups is 3. The summed E-state index contributed by atoms with van der Waals surface area (Å²) in [5.41, 5.74) is 23.1. The molecule has 27 aliphatic rings. The molecule has 0 saturated heterocycles. The Balaban J connectivity index is 1.10. The maximum atomic E-state index is 2.37. The minimum absolute atomic E-state index is 0.978. The Labute approximate surface area is 349 Å². The van der Waals surface area contributed by atoms with Gasteiger partial charge in [-0.3, -0.25) is 0 Å². The van der Waals surface area contributed by atoms with Gasteiger partial charge in [0.15, 0.2) is 0 Å². The fraction of sp³-hybridized carbons (Fsp3) is 0.111. The van der Waals surface area contributed by atoms with Gasteiger partial charge in [-0.2, -0.15) is 35.3 Å². The van der Waals surface area contributed by atoms with Crippen molar-refractivity contribution in [3.05, 3.63) is 215 Å². The SMILES string of the molecule is c1cc2ccc1CSCc1ccc(cc1)-c1cc3cc(c1)-c1ccc(cc1)CSCc1ccc(cc1)-c1cc-2cc(c1)-c1ccc(cc1)CSCc1ccc-3cc1. The second-order valence-corrected chi connectivity index (χ2v) is 18.2. The number of hydrogen-bond donors (Lipinski definition) is 0. The average Bonchev–Trinajstić information content (AvgIpc) is 3.27. The number of hydrogen-bond acceptors (Lipinski definition) is 3. The molecule has 8 aromatic carbocycles. The van der Waals surface area contributed by atoms with Crippen LogP contribution in [0.1, 0.15) is 33.4 Å². The molecule has 0 atom stereocenters. The zero-order chi connectivity index (χ0) is 38.0. The topological polar surface area (TPSA) is 0 Å². The van der Waals surface area contributed by atoms with Gasteiger partial charge in [0.2, 0.25) is 0 Å². The van der Waals surface area contributed by atoms with Crippen LogP contribution in [0.15, 0.2) is 182 Å². The van der Waals surface area contributed by atoms with Crippen LogP contribution in [0.3, 0.4) is 0 Å². The third-order valence-electron chi connectivity index (χ3n) is 11.2. The van der Waals surface area contributed by atoms with E-state index in [1.165, 1.54) is 100 Å². The van der Waals surface area contributed by atoms with Gasteiger partial charge >= 0.3 is 0 Å². The van der Waals surface area contributed by atoms with Crippen molar-refractivity contribution in [2.75, 3.05) is 0 Å². The molecule has 27 aliphatic heterocycles. The quantitative estimate of drug-likeness (QED) is 0.150. The molecule has 0 N–H and O–H groups in total. The summed E-state index contributed by atoms with van der Waals surface area (Å²) in [5, 5.41) is 0. The lowest BCUT2D eigenvalue weighted by Gasteiger charge is -2.14. The molecule has 18 bridgehead atoms. The molecular weight excluding hydrogens is 745 g/mol. The van der Waals surface area contributed by atoms with Gasteiger partial charge in [-0.15, -0.1) is 0 Å². The van der Waals surface area contributed by atoms with Gasteiger partial charge in [0.05, 0.1) is 0 Å². The van der Waals surface area contributed by atoms with Gasteiger partial charge in [-0.05, 0) is 137 Å². The molecule has 0 saturated carbocycles. The predicted molar refractivity (Wildman–Crippen MR) is 250 cm³/mol. The van der Waals surface area contributed by atoms with Crippen LogP contribution in [0, 0.1) is 0 Å². The van der Waals surface area contributed by atoms with E-state index in [9.17, 15) is 0 Å². The van der Waals surface area contributed by atoms with Crippen LogP contribution < -0.4 is 0 Å². The van der Waals surface area contributed by atoms with E-state index in [1.54, 1.807) is 0 Å². The van der Waals surface area contributed by atoms with Crippen molar-refractivity contribution in [3.63, 3.8) is 0 Å². The molecule has 35 rings (SSSR count). The Morgan fingerprint density at radius 1 is 0.175 bits per heavy atom. The highest BCUT2D eigenvalue weighted by Crippen LogP contribution is 2.37. The maximum Gasteiger partial charge on any atom is 0.0187 e. The Kier molecular flexibility index (Phi) is 10.4. The highest BCUT2D eigenvalue weighted by atomic mass is 32.2. The highest BCUT2D eigenvalue weighted by Gasteiger charge is 2.12. The third kappa shape index (κ3) is 8.29. The van der Waals surface area contributed by atoms with Crippen LogP contribution >= 0.6 is 35.3 Å². The number of rotatable bonds is 0. The van der Waals surface area contributed by atoms with Crippen molar-refractivity contribution < 1.29 is 0 Å². The average molecular weight is 787 g/mol. The van der Waals surface area contributed by atoms with Crippen LogP contribution in [0.25, 0.3) is 66.8 Å². The van der Waals surface area contributed by atoms with Crippen molar-refractivity contribution in [3.8, 4) is 66.8 Å². The van der Waals surface area contributed by atoms with Gasteiger partial charge in [-0.25, -0.2) is 0 Å². The van der Waals surface area contributed by atoms with E-state index in [-0.39, 0.29) is 0 Å². The molecule has 0 nitrogen and oxygen atoms in total. The molecule has 8 aromatic rings. The van der Waals surface area contributed by atoms with E-state index in [0.717, 1.165) is 34.5 Å². The van der Waals surface area contributed by atoms with Crippen LogP contribution in [0.5, 0.6) is 0 Å². The lowest BCUT2D eigenvalue weighted by Crippen LogP contribution is -1.90. The fourth-order valence-electron chi connectivity index (χ4n) is 7.88. The van der Waals surface area contributed by atoms with Crippen molar-refractivity contribution in [1.82, 2.24) is 0 Å². The van der Waals surface area contributed by atoms with E-state index >= 15 is 0 Å². The first-order valence-electron chi connectivity index (χ1n) is 19.7. The normalized spacial score (nSPS) is 13.7. The first-order chi connectivity index (χ1) is 28.1. The monoisotopic (exact) mass is 786 g/mol. The molecule has 0 aliphatic carbocycles. The van der Waals surface area contributed by atoms with E-state index in [2.05, 4.69) is 182 Å². The minimum Gasteiger partial charge on any atom is -0.152 e. The molecule has 3 heteroatoms. The first-order valence-corrected chi connectivity index (χ1v) is 23.2. The summed E-state index contributed by atoms with van der Waals surface area (Å²) in [6, 6.07) is 69.6. The summed E-state index contributed by atoms with van der Waals surface area (Å²) >= 11 is 5.93. The smallest absolute Gasteiger partial charge is 0.0187 e. The van der Waals surface area contributed by atoms with E-state index in [0.29, 0.717) is 0 Å². The lowest BCUT2D eigenvalue weighted by atomic mass is 9.92. The highest BCUT2D eigenvalue weighted by molar-refractivity contribution is 7.98. The Hall–Kier alpha value is -5.19. The van der Waals surface area contributed by atoms with Crippen LogP contribution in [0.4, 0.5) is 0 Å². The molecule has 0 amide bonds. The van der Waals surface area contributed by atoms with Crippen molar-refractivity contribution in [2.24, 2.45) is 0 Å². The molecule has 57 heavy (non-hydrogen) atoms. The Morgan fingerprint density at radius 2 is 0.316 bits per heavy atom. The zero-order valence-corrected chi connectivity index (χ0v) is 34.2. The molecule has 0 spiro atoms. The summed E-state index contributed by atoms with van der Waals surface area (Å²) in [6.07, 6.45) is 0. The second-order valence-electron chi connectivity index (χ2n) is 15.3. The number of benzene rings is 8. The third-order valence-corrected chi connectivity index (χ3v) is 14.4. The van der Waals surface area contributed by atoms with E-state index < -0.39 is 0 Å². The largest absolute Gasteiger partial charge is 0.152 e.